The van der Waals surface area contributed by atoms with Gasteiger partial charge < -0.3 is 14.6 Å². The van der Waals surface area contributed by atoms with Crippen molar-refractivity contribution in [2.45, 2.75) is 36.2 Å². The van der Waals surface area contributed by atoms with Crippen LogP contribution in [0.25, 0.3) is 0 Å². The van der Waals surface area contributed by atoms with Crippen LogP contribution in [-0.4, -0.2) is 35.1 Å². The minimum Gasteiger partial charge on any atom is -0.459 e. The molecule has 136 valence electrons. The number of likely N-dealkylation sites (tertiary alicyclic amines) is 1. The Morgan fingerprint density at radius 3 is 2.96 bits per heavy atom. The lowest BCUT2D eigenvalue weighted by atomic mass is 10.0. The Hall–Kier alpha value is -2.28. The van der Waals surface area contributed by atoms with Crippen molar-refractivity contribution >= 4 is 23.6 Å². The van der Waals surface area contributed by atoms with Crippen LogP contribution in [0.1, 0.15) is 41.4 Å². The van der Waals surface area contributed by atoms with E-state index in [0.29, 0.717) is 13.0 Å². The summed E-state index contributed by atoms with van der Waals surface area (Å²) in [5.74, 6) is 0.350. The fourth-order valence-electron chi connectivity index (χ4n) is 3.61. The van der Waals surface area contributed by atoms with Crippen LogP contribution in [0.15, 0.2) is 45.9 Å². The average molecular weight is 374 g/mol. The van der Waals surface area contributed by atoms with E-state index in [1.54, 1.807) is 34.9 Å². The molecule has 3 heterocycles. The molecule has 4 rings (SSSR count). The van der Waals surface area contributed by atoms with E-state index in [9.17, 15) is 14.0 Å². The van der Waals surface area contributed by atoms with Crippen LogP contribution >= 0.6 is 11.8 Å². The minimum atomic E-state index is -0.515. The van der Waals surface area contributed by atoms with Crippen molar-refractivity contribution in [1.82, 2.24) is 10.2 Å². The van der Waals surface area contributed by atoms with Gasteiger partial charge in [0.05, 0.1) is 12.3 Å². The molecule has 1 fully saturated rings. The fourth-order valence-corrected chi connectivity index (χ4v) is 4.71. The normalized spacial score (nSPS) is 22.1. The maximum absolute atomic E-state index is 13.6. The Morgan fingerprint density at radius 2 is 2.15 bits per heavy atom. The van der Waals surface area contributed by atoms with E-state index in [1.807, 2.05) is 0 Å². The first-order chi connectivity index (χ1) is 12.6. The van der Waals surface area contributed by atoms with E-state index < -0.39 is 6.04 Å². The predicted molar refractivity (Wildman–Crippen MR) is 95.4 cm³/mol. The van der Waals surface area contributed by atoms with Crippen molar-refractivity contribution in [2.75, 3.05) is 12.3 Å². The topological polar surface area (TPSA) is 62.6 Å². The molecule has 1 saturated heterocycles. The first kappa shape index (κ1) is 17.1. The van der Waals surface area contributed by atoms with Crippen LogP contribution in [-0.2, 0) is 4.79 Å². The molecular formula is C19H19FN2O3S. The van der Waals surface area contributed by atoms with Crippen LogP contribution in [0.3, 0.4) is 0 Å². The highest BCUT2D eigenvalue weighted by Crippen LogP contribution is 2.36. The second kappa shape index (κ2) is 7.15. The van der Waals surface area contributed by atoms with Crippen LogP contribution < -0.4 is 5.32 Å². The van der Waals surface area contributed by atoms with Crippen LogP contribution in [0.4, 0.5) is 4.39 Å². The molecule has 2 atom stereocenters. The van der Waals surface area contributed by atoms with Crippen LogP contribution in [0.5, 0.6) is 0 Å². The summed E-state index contributed by atoms with van der Waals surface area (Å²) in [4.78, 5) is 28.0. The van der Waals surface area contributed by atoms with Crippen molar-refractivity contribution in [3.63, 3.8) is 0 Å². The first-order valence-electron chi connectivity index (χ1n) is 8.70. The molecule has 0 saturated carbocycles. The molecule has 2 amide bonds. The van der Waals surface area contributed by atoms with Gasteiger partial charge in [-0.25, -0.2) is 4.39 Å². The lowest BCUT2D eigenvalue weighted by Gasteiger charge is -2.29. The van der Waals surface area contributed by atoms with E-state index in [2.05, 4.69) is 5.32 Å². The Bertz CT molecular complexity index is 824. The number of fused-ring (bicyclic) bond motifs is 1. The SMILES string of the molecule is O=C(N[C@H]1CCSc2ccc(F)cc21)[C@H]1CCCN1C(=O)c1ccco1. The molecule has 2 aromatic rings. The Labute approximate surface area is 154 Å². The summed E-state index contributed by atoms with van der Waals surface area (Å²) in [7, 11) is 0. The number of amides is 2. The predicted octanol–water partition coefficient (Wildman–Crippen LogP) is 3.38. The van der Waals surface area contributed by atoms with E-state index in [0.717, 1.165) is 29.1 Å². The number of nitrogens with zero attached hydrogens (tertiary/aromatic N) is 1. The van der Waals surface area contributed by atoms with E-state index >= 15 is 0 Å². The number of carbonyl (C=O) groups excluding carboxylic acids is 2. The zero-order valence-corrected chi connectivity index (χ0v) is 14.9. The molecule has 1 aromatic heterocycles. The largest absolute Gasteiger partial charge is 0.459 e. The molecular weight excluding hydrogens is 355 g/mol. The standard InChI is InChI=1S/C19H19FN2O3S/c20-12-5-6-17-13(11-12)14(7-10-26-17)21-18(23)15-3-1-8-22(15)19(24)16-4-2-9-25-16/h2,4-6,9,11,14-15H,1,3,7-8,10H2,(H,21,23)/t14-,15+/m0/s1. The third-order valence-corrected chi connectivity index (χ3v) is 6.00. The lowest BCUT2D eigenvalue weighted by molar-refractivity contribution is -0.125. The number of thioether (sulfide) groups is 1. The highest BCUT2D eigenvalue weighted by Gasteiger charge is 2.36. The van der Waals surface area contributed by atoms with Gasteiger partial charge in [0, 0.05) is 17.2 Å². The van der Waals surface area contributed by atoms with Gasteiger partial charge >= 0.3 is 0 Å². The second-order valence-corrected chi connectivity index (χ2v) is 7.65. The second-order valence-electron chi connectivity index (χ2n) is 6.51. The molecule has 2 aliphatic heterocycles. The summed E-state index contributed by atoms with van der Waals surface area (Å²) in [5, 5.41) is 3.03. The molecule has 7 heteroatoms. The number of nitrogens with one attached hydrogen (secondary N) is 1. The smallest absolute Gasteiger partial charge is 0.290 e. The molecule has 26 heavy (non-hydrogen) atoms. The number of furan rings is 1. The summed E-state index contributed by atoms with van der Waals surface area (Å²) in [5.41, 5.74) is 0.816. The van der Waals surface area contributed by atoms with E-state index in [-0.39, 0.29) is 29.4 Å². The van der Waals surface area contributed by atoms with Crippen LogP contribution in [0, 0.1) is 5.82 Å². The maximum Gasteiger partial charge on any atom is 0.290 e. The van der Waals surface area contributed by atoms with Crippen molar-refractivity contribution < 1.29 is 18.4 Å². The maximum atomic E-state index is 13.6. The molecule has 0 unspecified atom stereocenters. The van der Waals surface area contributed by atoms with Gasteiger partial charge in [0.2, 0.25) is 5.91 Å². The molecule has 0 spiro atoms. The molecule has 0 bridgehead atoms. The first-order valence-corrected chi connectivity index (χ1v) is 9.69. The fraction of sp³-hybridized carbons (Fsp3) is 0.368. The monoisotopic (exact) mass is 374 g/mol. The number of carbonyl (C=O) groups is 2. The number of benzene rings is 1. The van der Waals surface area contributed by atoms with Crippen molar-refractivity contribution in [3.05, 3.63) is 53.7 Å². The lowest BCUT2D eigenvalue weighted by Crippen LogP contribution is -2.47. The number of rotatable bonds is 3. The van der Waals surface area contributed by atoms with Crippen LogP contribution in [0.2, 0.25) is 0 Å². The van der Waals surface area contributed by atoms with E-state index in [4.69, 9.17) is 4.42 Å². The van der Waals surface area contributed by atoms with Gasteiger partial charge in [-0.1, -0.05) is 0 Å². The zero-order chi connectivity index (χ0) is 18.1. The molecule has 5 nitrogen and oxygen atoms in total. The van der Waals surface area contributed by atoms with Crippen molar-refractivity contribution in [2.24, 2.45) is 0 Å². The van der Waals surface area contributed by atoms with Gasteiger partial charge in [-0.05, 0) is 55.2 Å². The molecule has 1 N–H and O–H groups in total. The third-order valence-electron chi connectivity index (χ3n) is 4.88. The summed E-state index contributed by atoms with van der Waals surface area (Å²) < 4.78 is 18.8. The van der Waals surface area contributed by atoms with Gasteiger partial charge in [-0.2, -0.15) is 0 Å². The zero-order valence-electron chi connectivity index (χ0n) is 14.1. The average Bonchev–Trinajstić information content (AvgIpc) is 3.33. The van der Waals surface area contributed by atoms with Gasteiger partial charge in [0.25, 0.3) is 5.91 Å². The minimum absolute atomic E-state index is 0.186. The quantitative estimate of drug-likeness (QED) is 0.895. The van der Waals surface area contributed by atoms with Gasteiger partial charge in [-0.15, -0.1) is 11.8 Å². The molecule has 0 aliphatic carbocycles. The van der Waals surface area contributed by atoms with Gasteiger partial charge in [0.15, 0.2) is 5.76 Å². The number of hydrogen-bond acceptors (Lipinski definition) is 4. The number of hydrogen-bond donors (Lipinski definition) is 1. The molecule has 1 aromatic carbocycles. The Balaban J connectivity index is 1.50. The third kappa shape index (κ3) is 3.23. The van der Waals surface area contributed by atoms with Crippen molar-refractivity contribution in [3.8, 4) is 0 Å². The number of halogens is 1. The highest BCUT2D eigenvalue weighted by atomic mass is 32.2. The van der Waals surface area contributed by atoms with Gasteiger partial charge in [-0.3, -0.25) is 9.59 Å². The summed E-state index contributed by atoms with van der Waals surface area (Å²) in [6, 6.07) is 7.21. The Morgan fingerprint density at radius 1 is 1.27 bits per heavy atom. The summed E-state index contributed by atoms with van der Waals surface area (Å²) in [6.45, 7) is 0.531. The summed E-state index contributed by atoms with van der Waals surface area (Å²) >= 11 is 1.67. The van der Waals surface area contributed by atoms with Crippen molar-refractivity contribution in [1.29, 1.82) is 0 Å². The Kier molecular flexibility index (Phi) is 4.72. The molecule has 0 radical (unpaired) electrons. The van der Waals surface area contributed by atoms with E-state index in [1.165, 1.54) is 18.4 Å². The molecule has 2 aliphatic rings. The highest BCUT2D eigenvalue weighted by molar-refractivity contribution is 7.99. The van der Waals surface area contributed by atoms with Gasteiger partial charge in [0.1, 0.15) is 11.9 Å². The summed E-state index contributed by atoms with van der Waals surface area (Å²) in [6.07, 6.45) is 3.58.